The summed E-state index contributed by atoms with van der Waals surface area (Å²) in [5, 5.41) is 0.694. The molecule has 1 aliphatic rings. The van der Waals surface area contributed by atoms with Crippen molar-refractivity contribution in [1.29, 1.82) is 0 Å². The molecule has 0 aliphatic carbocycles. The highest BCUT2D eigenvalue weighted by Crippen LogP contribution is 2.24. The van der Waals surface area contributed by atoms with Gasteiger partial charge in [-0.3, -0.25) is 9.59 Å². The van der Waals surface area contributed by atoms with Gasteiger partial charge in [0, 0.05) is 49.5 Å². The molecule has 3 aromatic rings. The molecule has 4 rings (SSSR count). The zero-order valence-electron chi connectivity index (χ0n) is 15.0. The van der Waals surface area contributed by atoms with E-state index in [-0.39, 0.29) is 0 Å². The lowest BCUT2D eigenvalue weighted by atomic mass is 10.1. The second-order valence-corrected chi connectivity index (χ2v) is 6.41. The van der Waals surface area contributed by atoms with Crippen LogP contribution < -0.4 is 9.64 Å². The number of piperazine rings is 1. The Hall–Kier alpha value is -3.35. The number of rotatable bonds is 4. The van der Waals surface area contributed by atoms with E-state index >= 15 is 0 Å². The predicted molar refractivity (Wildman–Crippen MR) is 102 cm³/mol. The van der Waals surface area contributed by atoms with Crippen LogP contribution in [0.5, 0.6) is 5.75 Å². The number of anilines is 1. The summed E-state index contributed by atoms with van der Waals surface area (Å²) in [6.45, 7) is 2.29. The fraction of sp³-hybridized carbons (Fsp3) is 0.250. The van der Waals surface area contributed by atoms with Crippen LogP contribution in [-0.4, -0.2) is 59.8 Å². The third-order valence-corrected chi connectivity index (χ3v) is 4.87. The van der Waals surface area contributed by atoms with Crippen molar-refractivity contribution in [3.8, 4) is 5.75 Å². The minimum Gasteiger partial charge on any atom is -0.497 e. The maximum absolute atomic E-state index is 12.8. The molecule has 0 bridgehead atoms. The van der Waals surface area contributed by atoms with E-state index in [4.69, 9.17) is 4.74 Å². The van der Waals surface area contributed by atoms with Crippen molar-refractivity contribution in [3.05, 3.63) is 54.4 Å². The SMILES string of the molecule is COc1ccc2[nH]cc(C(=O)C(=O)N3CCN(c4ccccn4)CC3)c2c1. The van der Waals surface area contributed by atoms with Gasteiger partial charge in [0.05, 0.1) is 12.7 Å². The molecule has 1 aliphatic heterocycles. The van der Waals surface area contributed by atoms with Gasteiger partial charge >= 0.3 is 0 Å². The Balaban J connectivity index is 1.48. The number of aromatic amines is 1. The topological polar surface area (TPSA) is 78.5 Å². The summed E-state index contributed by atoms with van der Waals surface area (Å²) in [6.07, 6.45) is 3.34. The molecule has 0 atom stereocenters. The lowest BCUT2D eigenvalue weighted by molar-refractivity contribution is -0.126. The number of hydrogen-bond acceptors (Lipinski definition) is 5. The molecule has 0 unspecified atom stereocenters. The minimum atomic E-state index is -0.499. The number of carbonyl (C=O) groups excluding carboxylic acids is 2. The van der Waals surface area contributed by atoms with E-state index in [2.05, 4.69) is 14.9 Å². The van der Waals surface area contributed by atoms with E-state index < -0.39 is 11.7 Å². The smallest absolute Gasteiger partial charge is 0.295 e. The molecule has 2 aromatic heterocycles. The monoisotopic (exact) mass is 364 g/mol. The molecule has 3 heterocycles. The summed E-state index contributed by atoms with van der Waals surface area (Å²) in [5.41, 5.74) is 1.17. The van der Waals surface area contributed by atoms with Crippen LogP contribution in [0.15, 0.2) is 48.8 Å². The minimum absolute atomic E-state index is 0.376. The fourth-order valence-electron chi connectivity index (χ4n) is 3.35. The molecule has 7 heteroatoms. The standard InChI is InChI=1S/C20H20N4O3/c1-27-14-5-6-17-15(12-14)16(13-22-17)19(25)20(26)24-10-8-23(9-11-24)18-4-2-3-7-21-18/h2-7,12-13,22H,8-11H2,1H3. The number of ether oxygens (including phenoxy) is 1. The van der Waals surface area contributed by atoms with Crippen LogP contribution >= 0.6 is 0 Å². The van der Waals surface area contributed by atoms with Crippen molar-refractivity contribution in [3.63, 3.8) is 0 Å². The highest BCUT2D eigenvalue weighted by Gasteiger charge is 2.28. The van der Waals surface area contributed by atoms with Crippen LogP contribution in [0, 0.1) is 0 Å². The Labute approximate surface area is 156 Å². The van der Waals surface area contributed by atoms with Crippen molar-refractivity contribution in [1.82, 2.24) is 14.9 Å². The van der Waals surface area contributed by atoms with Gasteiger partial charge in [-0.15, -0.1) is 0 Å². The Bertz CT molecular complexity index is 975. The molecular weight excluding hydrogens is 344 g/mol. The van der Waals surface area contributed by atoms with Crippen molar-refractivity contribution < 1.29 is 14.3 Å². The van der Waals surface area contributed by atoms with Crippen molar-refractivity contribution in [2.75, 3.05) is 38.2 Å². The maximum atomic E-state index is 12.8. The van der Waals surface area contributed by atoms with E-state index in [9.17, 15) is 9.59 Å². The van der Waals surface area contributed by atoms with Crippen LogP contribution in [-0.2, 0) is 4.79 Å². The Kier molecular flexibility index (Phi) is 4.50. The summed E-state index contributed by atoms with van der Waals surface area (Å²) in [7, 11) is 1.57. The number of carbonyl (C=O) groups is 2. The Morgan fingerprint density at radius 2 is 1.93 bits per heavy atom. The van der Waals surface area contributed by atoms with Gasteiger partial charge in [0.1, 0.15) is 11.6 Å². The molecule has 0 radical (unpaired) electrons. The number of aromatic nitrogens is 2. The molecule has 1 amide bonds. The summed E-state index contributed by atoms with van der Waals surface area (Å²) >= 11 is 0. The van der Waals surface area contributed by atoms with E-state index in [0.29, 0.717) is 42.9 Å². The number of pyridine rings is 1. The number of benzene rings is 1. The van der Waals surface area contributed by atoms with Crippen molar-refractivity contribution in [2.45, 2.75) is 0 Å². The molecule has 0 spiro atoms. The molecule has 1 aromatic carbocycles. The predicted octanol–water partition coefficient (Wildman–Crippen LogP) is 2.10. The normalized spacial score (nSPS) is 14.4. The third-order valence-electron chi connectivity index (χ3n) is 4.87. The van der Waals surface area contributed by atoms with Gasteiger partial charge in [0.2, 0.25) is 0 Å². The number of H-pyrrole nitrogens is 1. The number of methoxy groups -OCH3 is 1. The first kappa shape index (κ1) is 17.1. The molecule has 27 heavy (non-hydrogen) atoms. The lowest BCUT2D eigenvalue weighted by Crippen LogP contribution is -2.50. The third kappa shape index (κ3) is 3.23. The van der Waals surface area contributed by atoms with E-state index in [1.54, 1.807) is 30.5 Å². The fourth-order valence-corrected chi connectivity index (χ4v) is 3.35. The van der Waals surface area contributed by atoms with Crippen LogP contribution in [0.1, 0.15) is 10.4 Å². The van der Waals surface area contributed by atoms with Gasteiger partial charge in [-0.05, 0) is 30.3 Å². The van der Waals surface area contributed by atoms with Crippen LogP contribution in [0.25, 0.3) is 10.9 Å². The zero-order valence-corrected chi connectivity index (χ0v) is 15.0. The summed E-state index contributed by atoms with van der Waals surface area (Å²) in [4.78, 5) is 36.6. The summed E-state index contributed by atoms with van der Waals surface area (Å²) in [5.74, 6) is 0.562. The van der Waals surface area contributed by atoms with Crippen LogP contribution in [0.2, 0.25) is 0 Å². The second kappa shape index (κ2) is 7.11. The second-order valence-electron chi connectivity index (χ2n) is 6.41. The average Bonchev–Trinajstić information content (AvgIpc) is 3.16. The number of amides is 1. The lowest BCUT2D eigenvalue weighted by Gasteiger charge is -2.35. The van der Waals surface area contributed by atoms with Gasteiger partial charge in [-0.25, -0.2) is 4.98 Å². The van der Waals surface area contributed by atoms with Gasteiger partial charge in [-0.2, -0.15) is 0 Å². The molecule has 1 N–H and O–H groups in total. The number of nitrogens with one attached hydrogen (secondary N) is 1. The summed E-state index contributed by atoms with van der Waals surface area (Å²) in [6, 6.07) is 11.2. The number of Topliss-reactive ketones (excluding diaryl/α,β-unsaturated/α-hetero) is 1. The largest absolute Gasteiger partial charge is 0.497 e. The first-order valence-electron chi connectivity index (χ1n) is 8.82. The molecular formula is C20H20N4O3. The molecule has 0 saturated carbocycles. The van der Waals surface area contributed by atoms with Crippen molar-refractivity contribution >= 4 is 28.4 Å². The first-order valence-corrected chi connectivity index (χ1v) is 8.82. The van der Waals surface area contributed by atoms with Crippen LogP contribution in [0.4, 0.5) is 5.82 Å². The number of nitrogens with zero attached hydrogens (tertiary/aromatic N) is 3. The molecule has 7 nitrogen and oxygen atoms in total. The van der Waals surface area contributed by atoms with E-state index in [0.717, 1.165) is 11.3 Å². The molecule has 138 valence electrons. The Morgan fingerprint density at radius 3 is 2.63 bits per heavy atom. The Morgan fingerprint density at radius 1 is 1.11 bits per heavy atom. The highest BCUT2D eigenvalue weighted by molar-refractivity contribution is 6.44. The molecule has 1 saturated heterocycles. The number of ketones is 1. The van der Waals surface area contributed by atoms with Gasteiger partial charge < -0.3 is 19.5 Å². The van der Waals surface area contributed by atoms with Crippen molar-refractivity contribution in [2.24, 2.45) is 0 Å². The number of hydrogen-bond donors (Lipinski definition) is 1. The average molecular weight is 364 g/mol. The maximum Gasteiger partial charge on any atom is 0.295 e. The van der Waals surface area contributed by atoms with Gasteiger partial charge in [-0.1, -0.05) is 6.07 Å². The van der Waals surface area contributed by atoms with Gasteiger partial charge in [0.25, 0.3) is 11.7 Å². The first-order chi connectivity index (χ1) is 13.2. The number of fused-ring (bicyclic) bond motifs is 1. The molecule has 1 fully saturated rings. The van der Waals surface area contributed by atoms with Gasteiger partial charge in [0.15, 0.2) is 0 Å². The van der Waals surface area contributed by atoms with E-state index in [1.807, 2.05) is 30.3 Å². The summed E-state index contributed by atoms with van der Waals surface area (Å²) < 4.78 is 5.23. The van der Waals surface area contributed by atoms with Crippen LogP contribution in [0.3, 0.4) is 0 Å². The van der Waals surface area contributed by atoms with E-state index in [1.165, 1.54) is 0 Å². The quantitative estimate of drug-likeness (QED) is 0.567. The zero-order chi connectivity index (χ0) is 18.8. The highest BCUT2D eigenvalue weighted by atomic mass is 16.5.